The van der Waals surface area contributed by atoms with E-state index in [0.717, 1.165) is 36.8 Å². The smallest absolute Gasteiger partial charge is 0.246 e. The number of carbonyl (C=O) groups excluding carboxylic acids is 2. The molecule has 3 aliphatic carbocycles. The van der Waals surface area contributed by atoms with E-state index in [1.54, 1.807) is 0 Å². The molecule has 3 unspecified atom stereocenters. The zero-order chi connectivity index (χ0) is 26.5. The van der Waals surface area contributed by atoms with E-state index in [0.29, 0.717) is 29.2 Å². The summed E-state index contributed by atoms with van der Waals surface area (Å²) in [5, 5.41) is 3.37. The Morgan fingerprint density at radius 3 is 2.46 bits per heavy atom. The van der Waals surface area contributed by atoms with Gasteiger partial charge in [-0.25, -0.2) is 0 Å². The van der Waals surface area contributed by atoms with Crippen LogP contribution in [0, 0.1) is 40.4 Å². The highest BCUT2D eigenvalue weighted by atomic mass is 16.2. The van der Waals surface area contributed by atoms with Gasteiger partial charge in [-0.15, -0.1) is 0 Å². The molecule has 0 aromatic heterocycles. The van der Waals surface area contributed by atoms with Crippen LogP contribution in [0.3, 0.4) is 0 Å². The zero-order valence-electron chi connectivity index (χ0n) is 23.9. The van der Waals surface area contributed by atoms with Gasteiger partial charge in [-0.05, 0) is 104 Å². The number of hydrogen-bond acceptors (Lipinski definition) is 2. The van der Waals surface area contributed by atoms with Gasteiger partial charge >= 0.3 is 0 Å². The van der Waals surface area contributed by atoms with Crippen LogP contribution in [0.4, 0.5) is 0 Å². The average molecular weight is 505 g/mol. The Morgan fingerprint density at radius 1 is 1.03 bits per heavy atom. The van der Waals surface area contributed by atoms with Crippen LogP contribution in [0.25, 0.3) is 0 Å². The number of amides is 2. The van der Waals surface area contributed by atoms with Crippen LogP contribution in [-0.2, 0) is 16.0 Å². The lowest BCUT2D eigenvalue weighted by Crippen LogP contribution is -2.59. The standard InChI is InChI=1S/C33H48N2O2/c1-21(2)19-23-7-9-24(10-8-23)22(3)31(37)34-20-25-11-13-27-26-12-14-29-33(5,18-16-30(36)35(29)6)28(26)15-17-32(25,27)4/h7-10,16,18,21-22,25-29H,11-15,17,19-20H2,1-6H3,(H,34,37)/t22?,25?,26-,27-,28+,29?,32+,33+/m0/s1. The van der Waals surface area contributed by atoms with Crippen molar-refractivity contribution >= 4 is 11.8 Å². The quantitative estimate of drug-likeness (QED) is 0.490. The molecule has 1 N–H and O–H groups in total. The van der Waals surface area contributed by atoms with Crippen LogP contribution in [-0.4, -0.2) is 36.3 Å². The monoisotopic (exact) mass is 504 g/mol. The second kappa shape index (κ2) is 9.89. The van der Waals surface area contributed by atoms with E-state index in [2.05, 4.69) is 63.4 Å². The first-order valence-electron chi connectivity index (χ1n) is 14.9. The van der Waals surface area contributed by atoms with Crippen molar-refractivity contribution in [2.75, 3.05) is 13.6 Å². The molecule has 0 bridgehead atoms. The van der Waals surface area contributed by atoms with Gasteiger partial charge in [0.15, 0.2) is 0 Å². The zero-order valence-corrected chi connectivity index (χ0v) is 23.9. The van der Waals surface area contributed by atoms with E-state index >= 15 is 0 Å². The normalized spacial score (nSPS) is 37.6. The van der Waals surface area contributed by atoms with Gasteiger partial charge in [-0.3, -0.25) is 9.59 Å². The van der Waals surface area contributed by atoms with Crippen molar-refractivity contribution < 1.29 is 9.59 Å². The highest BCUT2D eigenvalue weighted by Gasteiger charge is 2.60. The molecule has 1 aliphatic heterocycles. The number of benzene rings is 1. The summed E-state index contributed by atoms with van der Waals surface area (Å²) in [6.07, 6.45) is 12.5. The molecule has 3 saturated carbocycles. The van der Waals surface area contributed by atoms with Gasteiger partial charge < -0.3 is 10.2 Å². The third kappa shape index (κ3) is 4.57. The molecule has 37 heavy (non-hydrogen) atoms. The molecule has 1 heterocycles. The van der Waals surface area contributed by atoms with Gasteiger partial charge in [-0.1, -0.05) is 58.0 Å². The van der Waals surface area contributed by atoms with E-state index in [4.69, 9.17) is 0 Å². The van der Waals surface area contributed by atoms with Crippen LogP contribution < -0.4 is 5.32 Å². The molecule has 202 valence electrons. The highest BCUT2D eigenvalue weighted by molar-refractivity contribution is 5.89. The topological polar surface area (TPSA) is 49.4 Å². The van der Waals surface area contributed by atoms with Crippen molar-refractivity contribution in [2.45, 2.75) is 91.5 Å². The lowest BCUT2D eigenvalue weighted by atomic mass is 9.47. The van der Waals surface area contributed by atoms with Gasteiger partial charge in [0.1, 0.15) is 0 Å². The Balaban J connectivity index is 1.22. The Morgan fingerprint density at radius 2 is 1.76 bits per heavy atom. The minimum Gasteiger partial charge on any atom is -0.355 e. The predicted molar refractivity (Wildman–Crippen MR) is 150 cm³/mol. The highest BCUT2D eigenvalue weighted by Crippen LogP contribution is 2.65. The molecule has 0 spiro atoms. The number of rotatable bonds is 6. The van der Waals surface area contributed by atoms with Crippen LogP contribution in [0.5, 0.6) is 0 Å². The SMILES string of the molecule is CC(C)Cc1ccc(C(C)C(=O)NCC2CC[C@H]3[C@@H]4CCC5N(C)C(=O)C=C[C@]5(C)[C@@H]4CC[C@]23C)cc1. The fourth-order valence-electron chi connectivity index (χ4n) is 9.12. The molecule has 4 heteroatoms. The first-order valence-corrected chi connectivity index (χ1v) is 14.9. The molecule has 5 rings (SSSR count). The summed E-state index contributed by atoms with van der Waals surface area (Å²) >= 11 is 0. The molecule has 0 radical (unpaired) electrons. The van der Waals surface area contributed by atoms with Gasteiger partial charge in [0.05, 0.1) is 5.92 Å². The first kappa shape index (κ1) is 26.5. The number of hydrogen-bond donors (Lipinski definition) is 1. The molecule has 1 aromatic carbocycles. The molecule has 1 aromatic rings. The van der Waals surface area contributed by atoms with Crippen LogP contribution in [0.1, 0.15) is 90.2 Å². The summed E-state index contributed by atoms with van der Waals surface area (Å²) in [4.78, 5) is 27.5. The fraction of sp³-hybridized carbons (Fsp3) is 0.697. The van der Waals surface area contributed by atoms with Crippen molar-refractivity contribution in [1.82, 2.24) is 10.2 Å². The lowest BCUT2D eigenvalue weighted by Gasteiger charge is -2.60. The van der Waals surface area contributed by atoms with E-state index in [1.165, 1.54) is 37.7 Å². The van der Waals surface area contributed by atoms with E-state index in [9.17, 15) is 9.59 Å². The summed E-state index contributed by atoms with van der Waals surface area (Å²) in [6, 6.07) is 8.98. The molecule has 3 fully saturated rings. The maximum atomic E-state index is 13.2. The van der Waals surface area contributed by atoms with Crippen LogP contribution in [0.15, 0.2) is 36.4 Å². The Kier molecular flexibility index (Phi) is 7.09. The molecule has 8 atom stereocenters. The molecule has 4 aliphatic rings. The first-order chi connectivity index (χ1) is 17.5. The van der Waals surface area contributed by atoms with Crippen molar-refractivity contribution in [2.24, 2.45) is 40.4 Å². The molecule has 2 amide bonds. The minimum absolute atomic E-state index is 0.0966. The maximum Gasteiger partial charge on any atom is 0.246 e. The van der Waals surface area contributed by atoms with Gasteiger partial charge in [0.2, 0.25) is 11.8 Å². The minimum atomic E-state index is -0.123. The van der Waals surface area contributed by atoms with E-state index < -0.39 is 0 Å². The van der Waals surface area contributed by atoms with E-state index in [-0.39, 0.29) is 23.1 Å². The largest absolute Gasteiger partial charge is 0.355 e. The Bertz CT molecular complexity index is 1040. The van der Waals surface area contributed by atoms with Crippen molar-refractivity contribution in [3.63, 3.8) is 0 Å². The van der Waals surface area contributed by atoms with Gasteiger partial charge in [0, 0.05) is 25.0 Å². The van der Waals surface area contributed by atoms with Crippen LogP contribution in [0.2, 0.25) is 0 Å². The Hall–Kier alpha value is -2.10. The van der Waals surface area contributed by atoms with E-state index in [1.807, 2.05) is 24.9 Å². The van der Waals surface area contributed by atoms with Crippen LogP contribution >= 0.6 is 0 Å². The average Bonchev–Trinajstić information content (AvgIpc) is 3.21. The second-order valence-electron chi connectivity index (χ2n) is 13.7. The summed E-state index contributed by atoms with van der Waals surface area (Å²) < 4.78 is 0. The summed E-state index contributed by atoms with van der Waals surface area (Å²) in [5.74, 6) is 3.51. The molecule has 0 saturated heterocycles. The number of fused-ring (bicyclic) bond motifs is 5. The molecular formula is C33H48N2O2. The lowest BCUT2D eigenvalue weighted by molar-refractivity contribution is -0.139. The molecule has 4 nitrogen and oxygen atoms in total. The summed E-state index contributed by atoms with van der Waals surface area (Å²) in [7, 11) is 2.00. The number of carbonyl (C=O) groups is 2. The summed E-state index contributed by atoms with van der Waals surface area (Å²) in [6.45, 7) is 12.3. The van der Waals surface area contributed by atoms with Gasteiger partial charge in [0.25, 0.3) is 0 Å². The van der Waals surface area contributed by atoms with Crippen molar-refractivity contribution in [3.8, 4) is 0 Å². The number of nitrogens with one attached hydrogen (secondary N) is 1. The van der Waals surface area contributed by atoms with Crippen molar-refractivity contribution in [3.05, 3.63) is 47.5 Å². The predicted octanol–water partition coefficient (Wildman–Crippen LogP) is 6.36. The Labute approximate surface area is 224 Å². The van der Waals surface area contributed by atoms with Gasteiger partial charge in [-0.2, -0.15) is 0 Å². The third-order valence-corrected chi connectivity index (χ3v) is 11.4. The fourth-order valence-corrected chi connectivity index (χ4v) is 9.12. The van der Waals surface area contributed by atoms with Crippen molar-refractivity contribution in [1.29, 1.82) is 0 Å². The maximum absolute atomic E-state index is 13.2. The second-order valence-corrected chi connectivity index (χ2v) is 13.7. The number of nitrogens with zero attached hydrogens (tertiary/aromatic N) is 1. The molecular weight excluding hydrogens is 456 g/mol. The number of likely N-dealkylation sites (N-methyl/N-ethyl adjacent to an activating group) is 1. The third-order valence-electron chi connectivity index (χ3n) is 11.4. The summed E-state index contributed by atoms with van der Waals surface area (Å²) in [5.41, 5.74) is 2.85.